The van der Waals surface area contributed by atoms with E-state index in [-0.39, 0.29) is 0 Å². The van der Waals surface area contributed by atoms with Gasteiger partial charge in [0, 0.05) is 6.54 Å². The van der Waals surface area contributed by atoms with Gasteiger partial charge in [-0.05, 0) is 20.2 Å². The van der Waals surface area contributed by atoms with E-state index in [0.29, 0.717) is 0 Å². The molecule has 0 aromatic heterocycles. The van der Waals surface area contributed by atoms with Crippen LogP contribution in [0.5, 0.6) is 0 Å². The Labute approximate surface area is 49.8 Å². The van der Waals surface area contributed by atoms with E-state index in [2.05, 4.69) is 0 Å². The van der Waals surface area contributed by atoms with Crippen molar-refractivity contribution in [3.63, 3.8) is 0 Å². The Bertz CT molecular complexity index is 86.5. The van der Waals surface area contributed by atoms with Crippen molar-refractivity contribution in [2.75, 3.05) is 20.6 Å². The van der Waals surface area contributed by atoms with Gasteiger partial charge in [-0.2, -0.15) is 0 Å². The summed E-state index contributed by atoms with van der Waals surface area (Å²) in [7, 11) is 3.91. The van der Waals surface area contributed by atoms with Gasteiger partial charge in [-0.3, -0.25) is 4.79 Å². The minimum absolute atomic E-state index is 0.781. The number of rotatable bonds is 3. The first kappa shape index (κ1) is 7.37. The van der Waals surface area contributed by atoms with Gasteiger partial charge in [0.25, 0.3) is 0 Å². The summed E-state index contributed by atoms with van der Waals surface area (Å²) in [5, 5.41) is 0. The predicted molar refractivity (Wildman–Crippen MR) is 33.8 cm³/mol. The number of hydrogen-bond donors (Lipinski definition) is 0. The second-order valence-corrected chi connectivity index (χ2v) is 1.83. The van der Waals surface area contributed by atoms with Crippen LogP contribution in [-0.4, -0.2) is 31.8 Å². The maximum atomic E-state index is 9.68. The highest BCUT2D eigenvalue weighted by Gasteiger charge is 1.78. The first-order valence-electron chi connectivity index (χ1n) is 2.52. The van der Waals surface area contributed by atoms with E-state index >= 15 is 0 Å². The standard InChI is InChI=1S/C6H11NO/c1-7(2)5-3-4-6-8/h3-4,6H,5H2,1-2H3/b4-3+. The van der Waals surface area contributed by atoms with E-state index in [4.69, 9.17) is 0 Å². The fourth-order valence-electron chi connectivity index (χ4n) is 0.327. The minimum Gasteiger partial charge on any atom is -0.306 e. The molecule has 0 N–H and O–H groups in total. The molecular weight excluding hydrogens is 102 g/mol. The van der Waals surface area contributed by atoms with Crippen LogP contribution < -0.4 is 0 Å². The van der Waals surface area contributed by atoms with Gasteiger partial charge >= 0.3 is 0 Å². The molecule has 0 aliphatic heterocycles. The highest BCUT2D eigenvalue weighted by atomic mass is 16.1. The number of hydrogen-bond acceptors (Lipinski definition) is 2. The number of likely N-dealkylation sites (N-methyl/N-ethyl adjacent to an activating group) is 1. The zero-order valence-corrected chi connectivity index (χ0v) is 5.29. The molecule has 0 aromatic rings. The molecule has 0 aromatic carbocycles. The fraction of sp³-hybridized carbons (Fsp3) is 0.500. The molecule has 0 rings (SSSR count). The summed E-state index contributed by atoms with van der Waals surface area (Å²) in [6.45, 7) is 0.832. The summed E-state index contributed by atoms with van der Waals surface area (Å²) < 4.78 is 0. The maximum absolute atomic E-state index is 9.68. The Balaban J connectivity index is 3.15. The lowest BCUT2D eigenvalue weighted by molar-refractivity contribution is -0.104. The molecule has 0 radical (unpaired) electrons. The van der Waals surface area contributed by atoms with Crippen molar-refractivity contribution in [1.82, 2.24) is 4.90 Å². The van der Waals surface area contributed by atoms with Crippen molar-refractivity contribution < 1.29 is 4.79 Å². The molecule has 0 aliphatic carbocycles. The van der Waals surface area contributed by atoms with Crippen molar-refractivity contribution in [3.05, 3.63) is 12.2 Å². The molecular formula is C6H11NO. The highest BCUT2D eigenvalue weighted by Crippen LogP contribution is 1.73. The molecule has 2 nitrogen and oxygen atoms in total. The van der Waals surface area contributed by atoms with Crippen LogP contribution in [-0.2, 0) is 4.79 Å². The van der Waals surface area contributed by atoms with Gasteiger partial charge in [0.1, 0.15) is 6.29 Å². The number of aldehydes is 1. The molecule has 46 valence electrons. The largest absolute Gasteiger partial charge is 0.306 e. The van der Waals surface area contributed by atoms with Crippen LogP contribution in [0.2, 0.25) is 0 Å². The normalized spacial score (nSPS) is 10.9. The van der Waals surface area contributed by atoms with Crippen LogP contribution >= 0.6 is 0 Å². The van der Waals surface area contributed by atoms with Gasteiger partial charge in [0.2, 0.25) is 0 Å². The van der Waals surface area contributed by atoms with E-state index < -0.39 is 0 Å². The lowest BCUT2D eigenvalue weighted by Gasteiger charge is -2.01. The third-order valence-corrected chi connectivity index (χ3v) is 0.685. The number of carbonyl (C=O) groups excluding carboxylic acids is 1. The summed E-state index contributed by atoms with van der Waals surface area (Å²) in [6.07, 6.45) is 4.09. The molecule has 0 unspecified atom stereocenters. The summed E-state index contributed by atoms with van der Waals surface area (Å²) in [4.78, 5) is 11.7. The zero-order chi connectivity index (χ0) is 6.41. The van der Waals surface area contributed by atoms with Crippen molar-refractivity contribution >= 4 is 6.29 Å². The van der Waals surface area contributed by atoms with Crippen molar-refractivity contribution in [2.45, 2.75) is 0 Å². The third-order valence-electron chi connectivity index (χ3n) is 0.685. The molecule has 0 spiro atoms. The lowest BCUT2D eigenvalue weighted by Crippen LogP contribution is -2.10. The van der Waals surface area contributed by atoms with Gasteiger partial charge in [0.15, 0.2) is 0 Å². The number of nitrogens with zero attached hydrogens (tertiary/aromatic N) is 1. The summed E-state index contributed by atoms with van der Waals surface area (Å²) in [5.74, 6) is 0. The molecule has 8 heavy (non-hydrogen) atoms. The van der Waals surface area contributed by atoms with Gasteiger partial charge in [-0.25, -0.2) is 0 Å². The van der Waals surface area contributed by atoms with E-state index in [9.17, 15) is 4.79 Å². The maximum Gasteiger partial charge on any atom is 0.142 e. The van der Waals surface area contributed by atoms with Crippen LogP contribution in [0, 0.1) is 0 Å². The first-order valence-corrected chi connectivity index (χ1v) is 2.52. The van der Waals surface area contributed by atoms with Gasteiger partial charge in [-0.1, -0.05) is 6.08 Å². The Hall–Kier alpha value is -0.630. The molecule has 0 heterocycles. The van der Waals surface area contributed by atoms with Crippen LogP contribution in [0.25, 0.3) is 0 Å². The Morgan fingerprint density at radius 3 is 2.50 bits per heavy atom. The van der Waals surface area contributed by atoms with Crippen LogP contribution in [0.1, 0.15) is 0 Å². The van der Waals surface area contributed by atoms with E-state index in [1.807, 2.05) is 25.1 Å². The average Bonchev–Trinajstić information content (AvgIpc) is 1.66. The predicted octanol–water partition coefficient (Wildman–Crippen LogP) is 0.303. The summed E-state index contributed by atoms with van der Waals surface area (Å²) in [5.41, 5.74) is 0. The highest BCUT2D eigenvalue weighted by molar-refractivity contribution is 5.64. The summed E-state index contributed by atoms with van der Waals surface area (Å²) in [6, 6.07) is 0. The second-order valence-electron chi connectivity index (χ2n) is 1.83. The lowest BCUT2D eigenvalue weighted by atomic mass is 10.5. The van der Waals surface area contributed by atoms with Crippen LogP contribution in [0.15, 0.2) is 12.2 Å². The SMILES string of the molecule is CN(C)C/C=C/C=O. The number of carbonyl (C=O) groups is 1. The smallest absolute Gasteiger partial charge is 0.142 e. The monoisotopic (exact) mass is 113 g/mol. The van der Waals surface area contributed by atoms with Crippen LogP contribution in [0.3, 0.4) is 0 Å². The molecule has 0 bridgehead atoms. The molecule has 0 saturated carbocycles. The second kappa shape index (κ2) is 4.53. The number of allylic oxidation sites excluding steroid dienone is 1. The Morgan fingerprint density at radius 2 is 2.12 bits per heavy atom. The van der Waals surface area contributed by atoms with Crippen molar-refractivity contribution in [3.8, 4) is 0 Å². The third kappa shape index (κ3) is 5.37. The molecule has 0 amide bonds. The van der Waals surface area contributed by atoms with E-state index in [1.54, 1.807) is 0 Å². The quantitative estimate of drug-likeness (QED) is 0.387. The fourth-order valence-corrected chi connectivity index (χ4v) is 0.327. The Morgan fingerprint density at radius 1 is 1.50 bits per heavy atom. The van der Waals surface area contributed by atoms with E-state index in [0.717, 1.165) is 12.8 Å². The summed E-state index contributed by atoms with van der Waals surface area (Å²) >= 11 is 0. The van der Waals surface area contributed by atoms with Crippen molar-refractivity contribution in [1.29, 1.82) is 0 Å². The van der Waals surface area contributed by atoms with E-state index in [1.165, 1.54) is 6.08 Å². The van der Waals surface area contributed by atoms with Crippen molar-refractivity contribution in [2.24, 2.45) is 0 Å². The van der Waals surface area contributed by atoms with Crippen LogP contribution in [0.4, 0.5) is 0 Å². The first-order chi connectivity index (χ1) is 3.77. The average molecular weight is 113 g/mol. The molecule has 0 atom stereocenters. The van der Waals surface area contributed by atoms with Gasteiger partial charge < -0.3 is 4.90 Å². The van der Waals surface area contributed by atoms with Gasteiger partial charge in [0.05, 0.1) is 0 Å². The molecule has 0 saturated heterocycles. The van der Waals surface area contributed by atoms with Gasteiger partial charge in [-0.15, -0.1) is 0 Å². The molecule has 0 fully saturated rings. The topological polar surface area (TPSA) is 20.3 Å². The molecule has 2 heteroatoms. The zero-order valence-electron chi connectivity index (χ0n) is 5.29. The Kier molecular flexibility index (Phi) is 4.17. The molecule has 0 aliphatic rings. The minimum atomic E-state index is 0.781.